The van der Waals surface area contributed by atoms with Crippen molar-refractivity contribution >= 4 is 23.2 Å². The molecule has 218 valence electrons. The van der Waals surface area contributed by atoms with Gasteiger partial charge in [-0.2, -0.15) is 0 Å². The molecule has 7 nitrogen and oxygen atoms in total. The van der Waals surface area contributed by atoms with Crippen LogP contribution in [0.4, 0.5) is 0 Å². The third kappa shape index (κ3) is 7.63. The molecule has 0 bridgehead atoms. The highest BCUT2D eigenvalue weighted by Gasteiger charge is 2.32. The van der Waals surface area contributed by atoms with Crippen LogP contribution in [-0.4, -0.2) is 47.9 Å². The summed E-state index contributed by atoms with van der Waals surface area (Å²) in [5.74, 6) is 0.609. The van der Waals surface area contributed by atoms with Crippen LogP contribution < -0.4 is 15.4 Å². The lowest BCUT2D eigenvalue weighted by molar-refractivity contribution is 0.0735. The zero-order chi connectivity index (χ0) is 29.3. The maximum atomic E-state index is 13.6. The van der Waals surface area contributed by atoms with Gasteiger partial charge in [-0.25, -0.2) is 4.98 Å². The molecule has 3 aromatic carbocycles. The number of thiazole rings is 1. The Labute approximate surface area is 251 Å². The molecule has 1 saturated heterocycles. The van der Waals surface area contributed by atoms with E-state index >= 15 is 0 Å². The number of carbonyl (C=O) groups excluding carboxylic acids is 2. The quantitative estimate of drug-likeness (QED) is 0.202. The fraction of sp³-hybridized carbons (Fsp3) is 0.324. The number of carbonyl (C=O) groups is 2. The van der Waals surface area contributed by atoms with E-state index in [0.29, 0.717) is 30.6 Å². The molecule has 0 aliphatic carbocycles. The van der Waals surface area contributed by atoms with Gasteiger partial charge in [-0.05, 0) is 80.6 Å². The summed E-state index contributed by atoms with van der Waals surface area (Å²) in [7, 11) is 1.67. The molecule has 1 aliphatic rings. The molecule has 0 saturated carbocycles. The predicted octanol–water partition coefficient (Wildman–Crippen LogP) is 5.96. The second-order valence-electron chi connectivity index (χ2n) is 10.7. The minimum atomic E-state index is -0.174. The van der Waals surface area contributed by atoms with Crippen LogP contribution in [0.15, 0.2) is 84.2 Å². The normalized spacial score (nSPS) is 15.4. The first-order valence-corrected chi connectivity index (χ1v) is 15.4. The molecule has 2 heterocycles. The fourth-order valence-corrected chi connectivity index (χ4v) is 6.38. The molecule has 5 rings (SSSR count). The molecule has 8 heteroatoms. The number of likely N-dealkylation sites (tertiary alicyclic amines) is 1. The number of rotatable bonds is 12. The number of amides is 2. The Kier molecular flexibility index (Phi) is 10.0. The number of ether oxygens (including phenoxy) is 1. The number of methoxy groups -OCH3 is 1. The molecule has 1 aromatic heterocycles. The molecular weight excluding hydrogens is 544 g/mol. The van der Waals surface area contributed by atoms with Gasteiger partial charge in [0, 0.05) is 41.3 Å². The molecular formula is C34H38N4O3S. The van der Waals surface area contributed by atoms with E-state index < -0.39 is 0 Å². The van der Waals surface area contributed by atoms with Crippen LogP contribution >= 0.6 is 11.3 Å². The minimum absolute atomic E-state index is 0.00610. The van der Waals surface area contributed by atoms with Gasteiger partial charge in [0.15, 0.2) is 0 Å². The van der Waals surface area contributed by atoms with Crippen LogP contribution in [0.25, 0.3) is 0 Å². The van der Waals surface area contributed by atoms with E-state index in [1.165, 1.54) is 0 Å². The molecule has 2 atom stereocenters. The van der Waals surface area contributed by atoms with Crippen molar-refractivity contribution in [3.63, 3.8) is 0 Å². The second-order valence-corrected chi connectivity index (χ2v) is 11.6. The van der Waals surface area contributed by atoms with Crippen molar-refractivity contribution < 1.29 is 14.3 Å². The Morgan fingerprint density at radius 2 is 1.81 bits per heavy atom. The van der Waals surface area contributed by atoms with Crippen molar-refractivity contribution in [2.24, 2.45) is 0 Å². The van der Waals surface area contributed by atoms with Gasteiger partial charge in [0.05, 0.1) is 13.2 Å². The summed E-state index contributed by atoms with van der Waals surface area (Å²) < 4.78 is 5.33. The predicted molar refractivity (Wildman–Crippen MR) is 167 cm³/mol. The van der Waals surface area contributed by atoms with Crippen LogP contribution in [-0.2, 0) is 13.0 Å². The molecule has 2 N–H and O–H groups in total. The zero-order valence-corrected chi connectivity index (χ0v) is 25.0. The fourth-order valence-electron chi connectivity index (χ4n) is 5.44. The van der Waals surface area contributed by atoms with Gasteiger partial charge < -0.3 is 20.3 Å². The number of aryl methyl sites for hydroxylation is 1. The summed E-state index contributed by atoms with van der Waals surface area (Å²) in [4.78, 5) is 33.6. The van der Waals surface area contributed by atoms with Crippen molar-refractivity contribution in [1.82, 2.24) is 20.5 Å². The smallest absolute Gasteiger partial charge is 0.254 e. The minimum Gasteiger partial charge on any atom is -0.497 e. The summed E-state index contributed by atoms with van der Waals surface area (Å²) in [6.07, 6.45) is 3.33. The average molecular weight is 583 g/mol. The monoisotopic (exact) mass is 582 g/mol. The van der Waals surface area contributed by atoms with E-state index in [2.05, 4.69) is 33.8 Å². The Balaban J connectivity index is 1.24. The van der Waals surface area contributed by atoms with Crippen LogP contribution in [0.5, 0.6) is 5.75 Å². The number of hydrogen-bond donors (Lipinski definition) is 2. The first kappa shape index (κ1) is 29.5. The number of hydrogen-bond acceptors (Lipinski definition) is 6. The number of benzene rings is 3. The SMILES string of the molecule is COc1cccc(CNCC[C@H](Cc2ccccc2)NC(=O)c2cccc(C(=O)N3CCC[C@@H]3c3nc(C)cs3)c2)c1. The Morgan fingerprint density at radius 1 is 1.02 bits per heavy atom. The van der Waals surface area contributed by atoms with Gasteiger partial charge in [-0.3, -0.25) is 9.59 Å². The van der Waals surface area contributed by atoms with Crippen molar-refractivity contribution in [3.8, 4) is 5.75 Å². The van der Waals surface area contributed by atoms with Gasteiger partial charge in [0.25, 0.3) is 11.8 Å². The van der Waals surface area contributed by atoms with E-state index in [0.717, 1.165) is 53.4 Å². The molecule has 0 unspecified atom stereocenters. The van der Waals surface area contributed by atoms with Crippen LogP contribution in [0.2, 0.25) is 0 Å². The first-order chi connectivity index (χ1) is 20.5. The van der Waals surface area contributed by atoms with E-state index in [1.54, 1.807) is 42.7 Å². The molecule has 4 aromatic rings. The van der Waals surface area contributed by atoms with E-state index in [4.69, 9.17) is 4.74 Å². The maximum Gasteiger partial charge on any atom is 0.254 e. The van der Waals surface area contributed by atoms with Crippen LogP contribution in [0, 0.1) is 6.92 Å². The van der Waals surface area contributed by atoms with E-state index in [1.807, 2.05) is 53.6 Å². The topological polar surface area (TPSA) is 83.6 Å². The number of aromatic nitrogens is 1. The Hall–Kier alpha value is -4.01. The highest BCUT2D eigenvalue weighted by Crippen LogP contribution is 2.34. The van der Waals surface area contributed by atoms with Crippen molar-refractivity contribution in [2.45, 2.75) is 51.2 Å². The molecule has 1 fully saturated rings. The Bertz CT molecular complexity index is 1490. The van der Waals surface area contributed by atoms with Crippen LogP contribution in [0.1, 0.15) is 67.8 Å². The standard InChI is InChI=1S/C34H38N4O3S/c1-24-23-42-33(36-24)31-15-8-18-38(31)34(40)28-13-7-12-27(21-28)32(39)37-29(19-25-9-4-3-5-10-25)16-17-35-22-26-11-6-14-30(20-26)41-2/h3-7,9-14,20-21,23,29,31,35H,8,15-19,22H2,1-2H3,(H,37,39)/t29-,31-/m1/s1. The largest absolute Gasteiger partial charge is 0.497 e. The summed E-state index contributed by atoms with van der Waals surface area (Å²) >= 11 is 1.61. The van der Waals surface area contributed by atoms with Gasteiger partial charge >= 0.3 is 0 Å². The molecule has 42 heavy (non-hydrogen) atoms. The van der Waals surface area contributed by atoms with Crippen molar-refractivity contribution in [2.75, 3.05) is 20.2 Å². The molecule has 0 radical (unpaired) electrons. The van der Waals surface area contributed by atoms with Gasteiger partial charge in [-0.1, -0.05) is 48.5 Å². The van der Waals surface area contributed by atoms with E-state index in [-0.39, 0.29) is 23.9 Å². The third-order valence-corrected chi connectivity index (χ3v) is 8.66. The molecule has 2 amide bonds. The highest BCUT2D eigenvalue weighted by molar-refractivity contribution is 7.09. The third-order valence-electron chi connectivity index (χ3n) is 7.60. The lowest BCUT2D eigenvalue weighted by Gasteiger charge is -2.23. The lowest BCUT2D eigenvalue weighted by Crippen LogP contribution is -2.38. The Morgan fingerprint density at radius 3 is 2.60 bits per heavy atom. The van der Waals surface area contributed by atoms with Gasteiger partial charge in [0.1, 0.15) is 10.8 Å². The second kappa shape index (κ2) is 14.2. The summed E-state index contributed by atoms with van der Waals surface area (Å²) in [5, 5.41) is 9.75. The average Bonchev–Trinajstić information content (AvgIpc) is 3.68. The van der Waals surface area contributed by atoms with Crippen molar-refractivity contribution in [1.29, 1.82) is 0 Å². The lowest BCUT2D eigenvalue weighted by atomic mass is 10.0. The highest BCUT2D eigenvalue weighted by atomic mass is 32.1. The van der Waals surface area contributed by atoms with Crippen molar-refractivity contribution in [3.05, 3.63) is 117 Å². The molecule has 0 spiro atoms. The summed E-state index contributed by atoms with van der Waals surface area (Å²) in [6.45, 7) is 4.12. The van der Waals surface area contributed by atoms with Gasteiger partial charge in [-0.15, -0.1) is 11.3 Å². The first-order valence-electron chi connectivity index (χ1n) is 14.5. The van der Waals surface area contributed by atoms with Gasteiger partial charge in [0.2, 0.25) is 0 Å². The van der Waals surface area contributed by atoms with Crippen LogP contribution in [0.3, 0.4) is 0 Å². The summed E-state index contributed by atoms with van der Waals surface area (Å²) in [5.41, 5.74) is 4.31. The molecule has 1 aliphatic heterocycles. The zero-order valence-electron chi connectivity index (χ0n) is 24.2. The number of nitrogens with zero attached hydrogens (tertiary/aromatic N) is 2. The maximum absolute atomic E-state index is 13.6. The number of nitrogens with one attached hydrogen (secondary N) is 2. The summed E-state index contributed by atoms with van der Waals surface area (Å²) in [6, 6.07) is 25.2. The van der Waals surface area contributed by atoms with E-state index in [9.17, 15) is 9.59 Å².